The zero-order valence-corrected chi connectivity index (χ0v) is 14.8. The molecule has 0 aliphatic heterocycles. The van der Waals surface area contributed by atoms with Gasteiger partial charge in [-0.1, -0.05) is 54.1 Å². The van der Waals surface area contributed by atoms with E-state index < -0.39 is 0 Å². The molecule has 0 aliphatic rings. The van der Waals surface area contributed by atoms with Gasteiger partial charge in [-0.15, -0.1) is 0 Å². The van der Waals surface area contributed by atoms with E-state index in [-0.39, 0.29) is 0 Å². The molecule has 2 aromatic carbocycles. The van der Waals surface area contributed by atoms with Gasteiger partial charge < -0.3 is 15.4 Å². The minimum atomic E-state index is 0.643. The number of hydrogen-bond acceptors (Lipinski definition) is 2. The Morgan fingerprint density at radius 3 is 2.17 bits per heavy atom. The molecule has 24 heavy (non-hydrogen) atoms. The van der Waals surface area contributed by atoms with E-state index in [9.17, 15) is 0 Å². The summed E-state index contributed by atoms with van der Waals surface area (Å²) in [6, 6.07) is 16.9. The largest absolute Gasteiger partial charge is 0.380 e. The maximum Gasteiger partial charge on any atom is 0.191 e. The zero-order chi connectivity index (χ0) is 17.2. The number of methoxy groups -OCH3 is 1. The van der Waals surface area contributed by atoms with Gasteiger partial charge in [0, 0.05) is 20.2 Å². The van der Waals surface area contributed by atoms with Crippen LogP contribution in [0.1, 0.15) is 29.2 Å². The lowest BCUT2D eigenvalue weighted by Crippen LogP contribution is -2.36. The second-order valence-electron chi connectivity index (χ2n) is 5.78. The summed E-state index contributed by atoms with van der Waals surface area (Å²) >= 11 is 0. The van der Waals surface area contributed by atoms with E-state index in [2.05, 4.69) is 78.0 Å². The van der Waals surface area contributed by atoms with E-state index in [1.165, 1.54) is 22.3 Å². The number of rotatable bonds is 7. The van der Waals surface area contributed by atoms with Crippen LogP contribution in [0.2, 0.25) is 0 Å². The lowest BCUT2D eigenvalue weighted by atomic mass is 10.1. The number of ether oxygens (including phenoxy) is 1. The average Bonchev–Trinajstić information content (AvgIpc) is 2.60. The molecule has 2 N–H and O–H groups in total. The molecule has 0 saturated heterocycles. The molecule has 0 radical (unpaired) electrons. The summed E-state index contributed by atoms with van der Waals surface area (Å²) in [4.78, 5) is 4.66. The highest BCUT2D eigenvalue weighted by molar-refractivity contribution is 5.79. The lowest BCUT2D eigenvalue weighted by molar-refractivity contribution is 0.185. The smallest absolute Gasteiger partial charge is 0.191 e. The second-order valence-corrected chi connectivity index (χ2v) is 5.78. The Balaban J connectivity index is 1.93. The average molecular weight is 325 g/mol. The van der Waals surface area contributed by atoms with Crippen molar-refractivity contribution in [2.75, 3.05) is 13.7 Å². The quantitative estimate of drug-likeness (QED) is 0.606. The molecule has 0 bridgehead atoms. The Kier molecular flexibility index (Phi) is 7.30. The van der Waals surface area contributed by atoms with Crippen molar-refractivity contribution < 1.29 is 4.74 Å². The van der Waals surface area contributed by atoms with Gasteiger partial charge in [-0.05, 0) is 30.5 Å². The van der Waals surface area contributed by atoms with E-state index in [1.54, 1.807) is 7.11 Å². The number of benzene rings is 2. The number of aliphatic imine (C=N–C) groups is 1. The molecule has 0 atom stereocenters. The van der Waals surface area contributed by atoms with Crippen molar-refractivity contribution >= 4 is 5.96 Å². The minimum Gasteiger partial charge on any atom is -0.380 e. The third-order valence-electron chi connectivity index (χ3n) is 3.68. The molecular formula is C20H27N3O. The van der Waals surface area contributed by atoms with Gasteiger partial charge in [-0.2, -0.15) is 0 Å². The molecule has 128 valence electrons. The van der Waals surface area contributed by atoms with Gasteiger partial charge in [-0.25, -0.2) is 4.99 Å². The highest BCUT2D eigenvalue weighted by Gasteiger charge is 1.99. The maximum absolute atomic E-state index is 5.13. The van der Waals surface area contributed by atoms with E-state index in [1.807, 2.05) is 0 Å². The maximum atomic E-state index is 5.13. The predicted molar refractivity (Wildman–Crippen MR) is 100.0 cm³/mol. The third-order valence-corrected chi connectivity index (χ3v) is 3.68. The van der Waals surface area contributed by atoms with Crippen LogP contribution >= 0.6 is 0 Å². The van der Waals surface area contributed by atoms with Crippen LogP contribution in [-0.2, 0) is 24.4 Å². The number of aryl methyl sites for hydroxylation is 1. The monoisotopic (exact) mass is 325 g/mol. The summed E-state index contributed by atoms with van der Waals surface area (Å²) in [5, 5.41) is 6.66. The Bertz CT molecular complexity index is 633. The predicted octanol–water partition coefficient (Wildman–Crippen LogP) is 3.40. The number of nitrogens with one attached hydrogen (secondary N) is 2. The lowest BCUT2D eigenvalue weighted by Gasteiger charge is -2.11. The van der Waals surface area contributed by atoms with E-state index in [0.29, 0.717) is 13.2 Å². The van der Waals surface area contributed by atoms with E-state index >= 15 is 0 Å². The van der Waals surface area contributed by atoms with Crippen LogP contribution in [0, 0.1) is 6.92 Å². The number of guanidine groups is 1. The Morgan fingerprint density at radius 2 is 1.54 bits per heavy atom. The minimum absolute atomic E-state index is 0.643. The zero-order valence-electron chi connectivity index (χ0n) is 14.8. The fraction of sp³-hybridized carbons (Fsp3) is 0.350. The van der Waals surface area contributed by atoms with Crippen LogP contribution in [0.3, 0.4) is 0 Å². The van der Waals surface area contributed by atoms with Gasteiger partial charge in [0.05, 0.1) is 13.2 Å². The highest BCUT2D eigenvalue weighted by Crippen LogP contribution is 2.07. The van der Waals surface area contributed by atoms with Crippen molar-refractivity contribution in [3.05, 3.63) is 70.8 Å². The van der Waals surface area contributed by atoms with Crippen LogP contribution in [-0.4, -0.2) is 19.6 Å². The van der Waals surface area contributed by atoms with Gasteiger partial charge in [0.1, 0.15) is 0 Å². The molecule has 0 aliphatic carbocycles. The van der Waals surface area contributed by atoms with Crippen molar-refractivity contribution in [1.82, 2.24) is 10.6 Å². The Hall–Kier alpha value is -2.33. The summed E-state index contributed by atoms with van der Waals surface area (Å²) in [7, 11) is 1.71. The molecule has 2 aromatic rings. The first kappa shape index (κ1) is 18.0. The van der Waals surface area contributed by atoms with Crippen molar-refractivity contribution in [2.24, 2.45) is 4.99 Å². The molecule has 4 nitrogen and oxygen atoms in total. The van der Waals surface area contributed by atoms with Gasteiger partial charge in [-0.3, -0.25) is 0 Å². The first-order chi connectivity index (χ1) is 11.7. The summed E-state index contributed by atoms with van der Waals surface area (Å²) < 4.78 is 5.13. The number of nitrogens with zero attached hydrogens (tertiary/aromatic N) is 1. The first-order valence-electron chi connectivity index (χ1n) is 8.35. The van der Waals surface area contributed by atoms with Crippen molar-refractivity contribution in [3.8, 4) is 0 Å². The summed E-state index contributed by atoms with van der Waals surface area (Å²) in [6.07, 6.45) is 0. The van der Waals surface area contributed by atoms with Gasteiger partial charge in [0.25, 0.3) is 0 Å². The molecule has 0 fully saturated rings. The van der Waals surface area contributed by atoms with E-state index in [4.69, 9.17) is 4.74 Å². The fourth-order valence-corrected chi connectivity index (χ4v) is 2.31. The standard InChI is InChI=1S/C20H27N3O/c1-4-21-20(22-13-17-7-5-16(2)6-8-17)23-14-18-9-11-19(12-10-18)15-24-3/h5-12H,4,13-15H2,1-3H3,(H2,21,22,23). The molecule has 0 unspecified atom stereocenters. The summed E-state index contributed by atoms with van der Waals surface area (Å²) in [6.45, 7) is 7.06. The normalized spacial score (nSPS) is 11.4. The fourth-order valence-electron chi connectivity index (χ4n) is 2.31. The molecular weight excluding hydrogens is 298 g/mol. The van der Waals surface area contributed by atoms with Gasteiger partial charge in [0.2, 0.25) is 0 Å². The van der Waals surface area contributed by atoms with Gasteiger partial charge >= 0.3 is 0 Å². The third kappa shape index (κ3) is 6.05. The second kappa shape index (κ2) is 9.73. The molecule has 4 heteroatoms. The van der Waals surface area contributed by atoms with Crippen LogP contribution in [0.15, 0.2) is 53.5 Å². The Morgan fingerprint density at radius 1 is 0.917 bits per heavy atom. The topological polar surface area (TPSA) is 45.7 Å². The molecule has 0 spiro atoms. The molecule has 0 aromatic heterocycles. The highest BCUT2D eigenvalue weighted by atomic mass is 16.5. The van der Waals surface area contributed by atoms with Crippen molar-refractivity contribution in [2.45, 2.75) is 33.5 Å². The Labute approximate surface area is 145 Å². The van der Waals surface area contributed by atoms with Crippen LogP contribution in [0.25, 0.3) is 0 Å². The van der Waals surface area contributed by atoms with Crippen LogP contribution in [0.5, 0.6) is 0 Å². The molecule has 2 rings (SSSR count). The first-order valence-corrected chi connectivity index (χ1v) is 8.35. The van der Waals surface area contributed by atoms with Gasteiger partial charge in [0.15, 0.2) is 5.96 Å². The van der Waals surface area contributed by atoms with Crippen molar-refractivity contribution in [1.29, 1.82) is 0 Å². The van der Waals surface area contributed by atoms with Crippen LogP contribution < -0.4 is 10.6 Å². The molecule has 0 heterocycles. The number of hydrogen-bond donors (Lipinski definition) is 2. The molecule has 0 saturated carbocycles. The summed E-state index contributed by atoms with van der Waals surface area (Å²) in [5.41, 5.74) is 4.88. The SMILES string of the molecule is CCNC(=NCc1ccc(COC)cc1)NCc1ccc(C)cc1. The molecule has 0 amide bonds. The van der Waals surface area contributed by atoms with Crippen LogP contribution in [0.4, 0.5) is 0 Å². The van der Waals surface area contributed by atoms with E-state index in [0.717, 1.165) is 19.0 Å². The van der Waals surface area contributed by atoms with Crippen molar-refractivity contribution in [3.63, 3.8) is 0 Å². The summed E-state index contributed by atoms with van der Waals surface area (Å²) in [5.74, 6) is 0.832.